The molecule has 10 heteroatoms. The van der Waals surface area contributed by atoms with Gasteiger partial charge in [-0.15, -0.1) is 0 Å². The van der Waals surface area contributed by atoms with Gasteiger partial charge in [-0.2, -0.15) is 20.1 Å². The van der Waals surface area contributed by atoms with Gasteiger partial charge in [0.15, 0.2) is 11.5 Å². The summed E-state index contributed by atoms with van der Waals surface area (Å²) in [5, 5.41) is 17.1. The van der Waals surface area contributed by atoms with Crippen molar-refractivity contribution in [2.75, 3.05) is 56.1 Å². The Labute approximate surface area is 150 Å². The van der Waals surface area contributed by atoms with Gasteiger partial charge in [0, 0.05) is 25.7 Å². The highest BCUT2D eigenvalue weighted by Gasteiger charge is 2.16. The average Bonchev–Trinajstić information content (AvgIpc) is 2.69. The molecule has 0 atom stereocenters. The number of morpholine rings is 1. The van der Waals surface area contributed by atoms with Crippen LogP contribution in [0.15, 0.2) is 23.3 Å². The molecule has 0 bridgehead atoms. The molecule has 0 aliphatic carbocycles. The van der Waals surface area contributed by atoms with Crippen LogP contribution in [0.2, 0.25) is 0 Å². The van der Waals surface area contributed by atoms with E-state index >= 15 is 0 Å². The number of aromatic nitrogens is 3. The zero-order valence-corrected chi connectivity index (χ0v) is 14.6. The number of hydrazone groups is 1. The molecule has 0 saturated carbocycles. The van der Waals surface area contributed by atoms with E-state index in [1.807, 2.05) is 4.90 Å². The number of hydrogen-bond donors (Lipinski definition) is 3. The van der Waals surface area contributed by atoms with Crippen molar-refractivity contribution in [2.24, 2.45) is 5.10 Å². The van der Waals surface area contributed by atoms with Crippen LogP contribution in [-0.4, -0.2) is 66.7 Å². The van der Waals surface area contributed by atoms with E-state index in [2.05, 4.69) is 30.8 Å². The number of methoxy groups -OCH3 is 1. The normalized spacial score (nSPS) is 14.5. The zero-order chi connectivity index (χ0) is 18.4. The Balaban J connectivity index is 1.76. The monoisotopic (exact) mass is 359 g/mol. The molecule has 138 valence electrons. The number of rotatable bonds is 6. The number of hydrogen-bond acceptors (Lipinski definition) is 10. The van der Waals surface area contributed by atoms with E-state index in [1.54, 1.807) is 25.2 Å². The summed E-state index contributed by atoms with van der Waals surface area (Å²) in [6.45, 7) is 2.70. The minimum Gasteiger partial charge on any atom is -0.504 e. The number of anilines is 3. The summed E-state index contributed by atoms with van der Waals surface area (Å²) in [6, 6.07) is 5.15. The number of nitrogens with one attached hydrogen (secondary N) is 2. The van der Waals surface area contributed by atoms with Crippen molar-refractivity contribution < 1.29 is 14.6 Å². The Morgan fingerprint density at radius 1 is 1.23 bits per heavy atom. The lowest BCUT2D eigenvalue weighted by molar-refractivity contribution is 0.122. The summed E-state index contributed by atoms with van der Waals surface area (Å²) in [5.74, 6) is 1.67. The first-order valence-electron chi connectivity index (χ1n) is 8.13. The van der Waals surface area contributed by atoms with Crippen LogP contribution in [0.25, 0.3) is 0 Å². The Morgan fingerprint density at radius 2 is 2.00 bits per heavy atom. The van der Waals surface area contributed by atoms with Crippen LogP contribution < -0.4 is 20.4 Å². The third kappa shape index (κ3) is 4.09. The summed E-state index contributed by atoms with van der Waals surface area (Å²) in [5.41, 5.74) is 3.28. The highest BCUT2D eigenvalue weighted by Crippen LogP contribution is 2.28. The van der Waals surface area contributed by atoms with Crippen LogP contribution in [0.4, 0.5) is 17.8 Å². The standard InChI is InChI=1S/C16H21N7O3/c1-17-14-19-15(21-16(20-14)23-6-8-26-9-7-23)22-18-10-11-4-3-5-12(25-2)13(11)24/h3-5,10,24H,6-9H2,1-2H3,(H2,17,19,20,21,22)/b18-10-. The molecule has 0 amide bonds. The molecule has 1 aliphatic rings. The predicted molar refractivity (Wildman–Crippen MR) is 98.3 cm³/mol. The number of aromatic hydroxyl groups is 1. The predicted octanol–water partition coefficient (Wildman–Crippen LogP) is 0.910. The van der Waals surface area contributed by atoms with Crippen LogP contribution >= 0.6 is 0 Å². The van der Waals surface area contributed by atoms with Gasteiger partial charge in [0.2, 0.25) is 17.8 Å². The third-order valence-electron chi connectivity index (χ3n) is 3.76. The summed E-state index contributed by atoms with van der Waals surface area (Å²) in [7, 11) is 3.23. The van der Waals surface area contributed by atoms with E-state index in [1.165, 1.54) is 13.3 Å². The first-order chi connectivity index (χ1) is 12.7. The van der Waals surface area contributed by atoms with Crippen molar-refractivity contribution in [3.8, 4) is 11.5 Å². The minimum absolute atomic E-state index is 0.0149. The van der Waals surface area contributed by atoms with Gasteiger partial charge in [-0.3, -0.25) is 0 Å². The summed E-state index contributed by atoms with van der Waals surface area (Å²) >= 11 is 0. The van der Waals surface area contributed by atoms with Crippen LogP contribution in [0.5, 0.6) is 11.5 Å². The number of nitrogens with zero attached hydrogens (tertiary/aromatic N) is 5. The van der Waals surface area contributed by atoms with Crippen molar-refractivity contribution in [2.45, 2.75) is 0 Å². The quantitative estimate of drug-likeness (QED) is 0.511. The third-order valence-corrected chi connectivity index (χ3v) is 3.76. The molecular formula is C16H21N7O3. The zero-order valence-electron chi connectivity index (χ0n) is 14.6. The molecule has 3 rings (SSSR count). The van der Waals surface area contributed by atoms with Crippen LogP contribution in [0.1, 0.15) is 5.56 Å². The van der Waals surface area contributed by atoms with Gasteiger partial charge in [0.25, 0.3) is 0 Å². The molecule has 1 aliphatic heterocycles. The van der Waals surface area contributed by atoms with Crippen LogP contribution in [0.3, 0.4) is 0 Å². The fourth-order valence-corrected chi connectivity index (χ4v) is 2.40. The number of ether oxygens (including phenoxy) is 2. The average molecular weight is 359 g/mol. The lowest BCUT2D eigenvalue weighted by Crippen LogP contribution is -2.37. The fourth-order valence-electron chi connectivity index (χ4n) is 2.40. The van der Waals surface area contributed by atoms with Crippen molar-refractivity contribution in [1.82, 2.24) is 15.0 Å². The van der Waals surface area contributed by atoms with Crippen molar-refractivity contribution in [1.29, 1.82) is 0 Å². The highest BCUT2D eigenvalue weighted by molar-refractivity contribution is 5.85. The maximum Gasteiger partial charge on any atom is 0.250 e. The van der Waals surface area contributed by atoms with Crippen molar-refractivity contribution in [3.05, 3.63) is 23.8 Å². The first-order valence-corrected chi connectivity index (χ1v) is 8.13. The molecule has 1 saturated heterocycles. The fraction of sp³-hybridized carbons (Fsp3) is 0.375. The van der Waals surface area contributed by atoms with Gasteiger partial charge < -0.3 is 24.8 Å². The van der Waals surface area contributed by atoms with Gasteiger partial charge in [-0.05, 0) is 12.1 Å². The molecule has 2 aromatic rings. The molecule has 3 N–H and O–H groups in total. The second-order valence-electron chi connectivity index (χ2n) is 5.40. The molecule has 1 aromatic carbocycles. The Hall–Kier alpha value is -3.14. The lowest BCUT2D eigenvalue weighted by atomic mass is 10.2. The SMILES string of the molecule is CNc1nc(N/N=C\c2cccc(OC)c2O)nc(N2CCOCC2)n1. The number of benzene rings is 1. The molecule has 1 fully saturated rings. The van der Waals surface area contributed by atoms with E-state index in [0.717, 1.165) is 0 Å². The van der Waals surface area contributed by atoms with Gasteiger partial charge in [0.05, 0.1) is 26.5 Å². The van der Waals surface area contributed by atoms with E-state index in [0.29, 0.717) is 55.5 Å². The maximum atomic E-state index is 10.1. The largest absolute Gasteiger partial charge is 0.504 e. The Bertz CT molecular complexity index is 778. The van der Waals surface area contributed by atoms with E-state index < -0.39 is 0 Å². The topological polar surface area (TPSA) is 117 Å². The van der Waals surface area contributed by atoms with Crippen molar-refractivity contribution >= 4 is 24.1 Å². The molecular weight excluding hydrogens is 338 g/mol. The van der Waals surface area contributed by atoms with Gasteiger partial charge in [0.1, 0.15) is 0 Å². The number of phenols is 1. The second-order valence-corrected chi connectivity index (χ2v) is 5.40. The smallest absolute Gasteiger partial charge is 0.250 e. The molecule has 2 heterocycles. The van der Waals surface area contributed by atoms with Crippen LogP contribution in [0, 0.1) is 0 Å². The molecule has 0 spiro atoms. The van der Waals surface area contributed by atoms with Gasteiger partial charge in [-0.1, -0.05) is 6.07 Å². The molecule has 0 radical (unpaired) electrons. The highest BCUT2D eigenvalue weighted by atomic mass is 16.5. The van der Waals surface area contributed by atoms with Gasteiger partial charge in [-0.25, -0.2) is 5.43 Å². The van der Waals surface area contributed by atoms with Gasteiger partial charge >= 0.3 is 0 Å². The van der Waals surface area contributed by atoms with Crippen molar-refractivity contribution in [3.63, 3.8) is 0 Å². The Kier molecular flexibility index (Phi) is 5.64. The second kappa shape index (κ2) is 8.30. The van der Waals surface area contributed by atoms with E-state index in [4.69, 9.17) is 9.47 Å². The Morgan fingerprint density at radius 3 is 2.73 bits per heavy atom. The summed E-state index contributed by atoms with van der Waals surface area (Å²) in [4.78, 5) is 15.0. The summed E-state index contributed by atoms with van der Waals surface area (Å²) < 4.78 is 10.4. The molecule has 26 heavy (non-hydrogen) atoms. The lowest BCUT2D eigenvalue weighted by Gasteiger charge is -2.26. The number of para-hydroxylation sites is 1. The summed E-state index contributed by atoms with van der Waals surface area (Å²) in [6.07, 6.45) is 1.47. The van der Waals surface area contributed by atoms with E-state index in [9.17, 15) is 5.11 Å². The van der Waals surface area contributed by atoms with E-state index in [-0.39, 0.29) is 5.75 Å². The minimum atomic E-state index is 0.0149. The van der Waals surface area contributed by atoms with Crippen LogP contribution in [-0.2, 0) is 4.74 Å². The first kappa shape index (κ1) is 17.7. The number of phenolic OH excluding ortho intramolecular Hbond substituents is 1. The maximum absolute atomic E-state index is 10.1. The molecule has 10 nitrogen and oxygen atoms in total. The molecule has 0 unspecified atom stereocenters. The molecule has 1 aromatic heterocycles.